The van der Waals surface area contributed by atoms with Crippen LogP contribution in [0.2, 0.25) is 0 Å². The second kappa shape index (κ2) is 6.78. The molecule has 0 bridgehead atoms. The van der Waals surface area contributed by atoms with Crippen molar-refractivity contribution in [1.29, 1.82) is 0 Å². The van der Waals surface area contributed by atoms with E-state index in [2.05, 4.69) is 17.0 Å². The molecule has 4 nitrogen and oxygen atoms in total. The van der Waals surface area contributed by atoms with Crippen LogP contribution in [-0.2, 0) is 6.42 Å². The Morgan fingerprint density at radius 1 is 1.26 bits per heavy atom. The number of rotatable bonds is 5. The second-order valence-electron chi connectivity index (χ2n) is 5.14. The number of ether oxygens (including phenoxy) is 2. The molecule has 1 aromatic rings. The minimum absolute atomic E-state index is 0.346. The molecule has 2 rings (SSSR count). The Labute approximate surface area is 115 Å². The molecule has 0 radical (unpaired) electrons. The predicted octanol–water partition coefficient (Wildman–Crippen LogP) is 1.67. The first-order chi connectivity index (χ1) is 9.22. The maximum absolute atomic E-state index is 6.00. The summed E-state index contributed by atoms with van der Waals surface area (Å²) in [5.41, 5.74) is 7.27. The largest absolute Gasteiger partial charge is 0.493 e. The molecule has 0 saturated carbocycles. The van der Waals surface area contributed by atoms with E-state index in [9.17, 15) is 0 Å². The number of piperidine rings is 1. The Hall–Kier alpha value is -1.26. The van der Waals surface area contributed by atoms with Gasteiger partial charge in [-0.1, -0.05) is 6.07 Å². The first-order valence-corrected chi connectivity index (χ1v) is 6.91. The summed E-state index contributed by atoms with van der Waals surface area (Å²) in [6, 6.07) is 6.48. The molecule has 0 aromatic heterocycles. The van der Waals surface area contributed by atoms with E-state index in [1.54, 1.807) is 14.2 Å². The fraction of sp³-hybridized carbons (Fsp3) is 0.600. The molecule has 4 heteroatoms. The van der Waals surface area contributed by atoms with E-state index in [4.69, 9.17) is 15.2 Å². The topological polar surface area (TPSA) is 47.7 Å². The number of methoxy groups -OCH3 is 2. The monoisotopic (exact) mass is 264 g/mol. The Balaban J connectivity index is 1.92. The van der Waals surface area contributed by atoms with E-state index in [-0.39, 0.29) is 0 Å². The smallest absolute Gasteiger partial charge is 0.160 e. The van der Waals surface area contributed by atoms with E-state index in [0.29, 0.717) is 6.04 Å². The number of hydrogen-bond acceptors (Lipinski definition) is 4. The normalized spacial score (nSPS) is 20.3. The van der Waals surface area contributed by atoms with Crippen LogP contribution in [0.25, 0.3) is 0 Å². The van der Waals surface area contributed by atoms with Crippen molar-refractivity contribution in [3.63, 3.8) is 0 Å². The third kappa shape index (κ3) is 3.85. The van der Waals surface area contributed by atoms with Crippen molar-refractivity contribution in [2.45, 2.75) is 25.3 Å². The van der Waals surface area contributed by atoms with Gasteiger partial charge in [-0.15, -0.1) is 0 Å². The van der Waals surface area contributed by atoms with Gasteiger partial charge < -0.3 is 20.1 Å². The van der Waals surface area contributed by atoms with Gasteiger partial charge in [-0.25, -0.2) is 0 Å². The van der Waals surface area contributed by atoms with Crippen LogP contribution >= 0.6 is 0 Å². The fourth-order valence-electron chi connectivity index (χ4n) is 2.62. The fourth-order valence-corrected chi connectivity index (χ4v) is 2.62. The van der Waals surface area contributed by atoms with Crippen molar-refractivity contribution < 1.29 is 9.47 Å². The summed E-state index contributed by atoms with van der Waals surface area (Å²) in [7, 11) is 3.33. The van der Waals surface area contributed by atoms with Gasteiger partial charge in [0.05, 0.1) is 14.2 Å². The maximum atomic E-state index is 6.00. The standard InChI is InChI=1S/C15H24N2O2/c1-18-14-6-5-12(10-15(14)19-2)7-9-17-8-3-4-13(16)11-17/h5-6,10,13H,3-4,7-9,11,16H2,1-2H3. The number of nitrogens with two attached hydrogens (primary N) is 1. The van der Waals surface area contributed by atoms with Crippen molar-refractivity contribution in [1.82, 2.24) is 4.90 Å². The maximum Gasteiger partial charge on any atom is 0.160 e. The number of likely N-dealkylation sites (tertiary alicyclic amines) is 1. The zero-order chi connectivity index (χ0) is 13.7. The van der Waals surface area contributed by atoms with Gasteiger partial charge >= 0.3 is 0 Å². The second-order valence-corrected chi connectivity index (χ2v) is 5.14. The van der Waals surface area contributed by atoms with Crippen molar-refractivity contribution >= 4 is 0 Å². The van der Waals surface area contributed by atoms with Crippen LogP contribution in [0.15, 0.2) is 18.2 Å². The highest BCUT2D eigenvalue weighted by atomic mass is 16.5. The zero-order valence-electron chi connectivity index (χ0n) is 11.9. The van der Waals surface area contributed by atoms with Crippen molar-refractivity contribution in [3.05, 3.63) is 23.8 Å². The molecule has 2 N–H and O–H groups in total. The molecule has 1 fully saturated rings. The summed E-state index contributed by atoms with van der Waals surface area (Å²) in [5, 5.41) is 0. The van der Waals surface area contributed by atoms with Crippen molar-refractivity contribution in [2.75, 3.05) is 33.9 Å². The molecule has 106 valence electrons. The Morgan fingerprint density at radius 3 is 2.74 bits per heavy atom. The lowest BCUT2D eigenvalue weighted by Crippen LogP contribution is -2.43. The number of nitrogens with zero attached hydrogens (tertiary/aromatic N) is 1. The van der Waals surface area contributed by atoms with Crippen LogP contribution in [0.1, 0.15) is 18.4 Å². The summed E-state index contributed by atoms with van der Waals surface area (Å²) < 4.78 is 10.6. The van der Waals surface area contributed by atoms with Crippen LogP contribution in [-0.4, -0.2) is 44.8 Å². The van der Waals surface area contributed by atoms with Crippen LogP contribution in [0.3, 0.4) is 0 Å². The number of benzene rings is 1. The zero-order valence-corrected chi connectivity index (χ0v) is 11.9. The van der Waals surface area contributed by atoms with Gasteiger partial charge in [0.25, 0.3) is 0 Å². The first kappa shape index (κ1) is 14.2. The molecule has 1 aliphatic rings. The lowest BCUT2D eigenvalue weighted by Gasteiger charge is -2.30. The van der Waals surface area contributed by atoms with E-state index in [0.717, 1.165) is 37.4 Å². The molecule has 1 saturated heterocycles. The molecule has 1 aliphatic heterocycles. The lowest BCUT2D eigenvalue weighted by atomic mass is 10.1. The van der Waals surface area contributed by atoms with Crippen molar-refractivity contribution in [2.24, 2.45) is 5.73 Å². The summed E-state index contributed by atoms with van der Waals surface area (Å²) in [6.45, 7) is 3.25. The summed E-state index contributed by atoms with van der Waals surface area (Å²) in [6.07, 6.45) is 3.40. The Morgan fingerprint density at radius 2 is 2.05 bits per heavy atom. The Bertz CT molecular complexity index is 409. The number of hydrogen-bond donors (Lipinski definition) is 1. The lowest BCUT2D eigenvalue weighted by molar-refractivity contribution is 0.211. The van der Waals surface area contributed by atoms with Gasteiger partial charge in [0.1, 0.15) is 0 Å². The predicted molar refractivity (Wildman–Crippen MR) is 76.9 cm³/mol. The molecule has 1 aromatic carbocycles. The van der Waals surface area contributed by atoms with E-state index >= 15 is 0 Å². The highest BCUT2D eigenvalue weighted by Crippen LogP contribution is 2.27. The van der Waals surface area contributed by atoms with Gasteiger partial charge in [0, 0.05) is 19.1 Å². The van der Waals surface area contributed by atoms with Crippen LogP contribution in [0, 0.1) is 0 Å². The average molecular weight is 264 g/mol. The van der Waals surface area contributed by atoms with Gasteiger partial charge in [0.2, 0.25) is 0 Å². The molecular weight excluding hydrogens is 240 g/mol. The van der Waals surface area contributed by atoms with Gasteiger partial charge in [-0.05, 0) is 43.5 Å². The first-order valence-electron chi connectivity index (χ1n) is 6.91. The highest BCUT2D eigenvalue weighted by Gasteiger charge is 2.16. The SMILES string of the molecule is COc1ccc(CCN2CCCC(N)C2)cc1OC. The quantitative estimate of drug-likeness (QED) is 0.879. The van der Waals surface area contributed by atoms with Crippen LogP contribution in [0.4, 0.5) is 0 Å². The molecular formula is C15H24N2O2. The van der Waals surface area contributed by atoms with E-state index in [1.807, 2.05) is 6.07 Å². The van der Waals surface area contributed by atoms with Crippen molar-refractivity contribution in [3.8, 4) is 11.5 Å². The molecule has 1 unspecified atom stereocenters. The molecule has 1 atom stereocenters. The summed E-state index contributed by atoms with van der Waals surface area (Å²) in [4.78, 5) is 2.45. The highest BCUT2D eigenvalue weighted by molar-refractivity contribution is 5.42. The summed E-state index contributed by atoms with van der Waals surface area (Å²) in [5.74, 6) is 1.58. The average Bonchev–Trinajstić information content (AvgIpc) is 2.45. The van der Waals surface area contributed by atoms with Gasteiger partial charge in [-0.3, -0.25) is 0 Å². The minimum atomic E-state index is 0.346. The Kier molecular flexibility index (Phi) is 5.05. The van der Waals surface area contributed by atoms with Gasteiger partial charge in [-0.2, -0.15) is 0 Å². The third-order valence-electron chi connectivity index (χ3n) is 3.71. The molecule has 0 aliphatic carbocycles. The molecule has 1 heterocycles. The third-order valence-corrected chi connectivity index (χ3v) is 3.71. The molecule has 19 heavy (non-hydrogen) atoms. The minimum Gasteiger partial charge on any atom is -0.493 e. The van der Waals surface area contributed by atoms with Crippen LogP contribution < -0.4 is 15.2 Å². The van der Waals surface area contributed by atoms with E-state index < -0.39 is 0 Å². The molecule has 0 spiro atoms. The summed E-state index contributed by atoms with van der Waals surface area (Å²) >= 11 is 0. The van der Waals surface area contributed by atoms with Crippen LogP contribution in [0.5, 0.6) is 11.5 Å². The van der Waals surface area contributed by atoms with E-state index in [1.165, 1.54) is 18.5 Å². The van der Waals surface area contributed by atoms with Gasteiger partial charge in [0.15, 0.2) is 11.5 Å². The molecule has 0 amide bonds.